The minimum absolute atomic E-state index is 0. The van der Waals surface area contributed by atoms with Crippen LogP contribution in [-0.4, -0.2) is 29.0 Å². The van der Waals surface area contributed by atoms with Gasteiger partial charge in [0.1, 0.15) is 17.9 Å². The van der Waals surface area contributed by atoms with Crippen LogP contribution in [0.5, 0.6) is 0 Å². The first-order chi connectivity index (χ1) is 4.96. The molecule has 0 bridgehead atoms. The number of carbonyl (C=O) groups is 1. The van der Waals surface area contributed by atoms with Gasteiger partial charge in [-0.05, 0) is 0 Å². The fraction of sp³-hybridized carbons (Fsp3) is 0.833. The van der Waals surface area contributed by atoms with E-state index in [1.165, 1.54) is 0 Å². The topological polar surface area (TPSA) is 63.3 Å². The molecule has 72 valence electrons. The Morgan fingerprint density at radius 3 is 1.92 bits per heavy atom. The van der Waals surface area contributed by atoms with Crippen LogP contribution >= 0.6 is 12.4 Å². The van der Waals surface area contributed by atoms with Gasteiger partial charge in [-0.2, -0.15) is 0 Å². The summed E-state index contributed by atoms with van der Waals surface area (Å²) in [5.41, 5.74) is 3.51. The van der Waals surface area contributed by atoms with E-state index in [1.54, 1.807) is 0 Å². The third-order valence-corrected chi connectivity index (χ3v) is 1.94. The standard InChI is InChI=1S/C6H9F2NO2.ClH/c7-3-1-6(9,5(10)11)2-4(3)8;/h3-4H,1-2,9H2,(H,10,11);1H/t3-,4+,6?;. The second-order valence-corrected chi connectivity index (χ2v) is 2.90. The monoisotopic (exact) mass is 201 g/mol. The SMILES string of the molecule is Cl.NC1(C(=O)O)C[C@@H](F)[C@@H](F)C1. The second kappa shape index (κ2) is 3.53. The third kappa shape index (κ3) is 1.84. The summed E-state index contributed by atoms with van der Waals surface area (Å²) >= 11 is 0. The maximum absolute atomic E-state index is 12.5. The normalized spacial score (nSPS) is 40.6. The third-order valence-electron chi connectivity index (χ3n) is 1.94. The Hall–Kier alpha value is -0.420. The summed E-state index contributed by atoms with van der Waals surface area (Å²) in [6.07, 6.45) is -4.31. The van der Waals surface area contributed by atoms with E-state index in [0.717, 1.165) is 0 Å². The maximum Gasteiger partial charge on any atom is 0.323 e. The molecule has 3 atom stereocenters. The zero-order valence-electron chi connectivity index (χ0n) is 6.17. The molecule has 1 saturated carbocycles. The Labute approximate surface area is 74.3 Å². The van der Waals surface area contributed by atoms with E-state index in [0.29, 0.717) is 0 Å². The average Bonchev–Trinajstić information content (AvgIpc) is 2.09. The molecule has 0 aliphatic heterocycles. The van der Waals surface area contributed by atoms with Gasteiger partial charge in [-0.3, -0.25) is 4.79 Å². The Balaban J connectivity index is 0.00000121. The van der Waals surface area contributed by atoms with E-state index < -0.39 is 36.7 Å². The molecule has 1 fully saturated rings. The molecule has 0 spiro atoms. The Kier molecular flexibility index (Phi) is 3.41. The minimum atomic E-state index is -1.73. The fourth-order valence-corrected chi connectivity index (χ4v) is 1.21. The molecule has 6 heteroatoms. The van der Waals surface area contributed by atoms with Crippen molar-refractivity contribution in [3.05, 3.63) is 0 Å². The molecule has 1 rings (SSSR count). The molecule has 1 aliphatic carbocycles. The van der Waals surface area contributed by atoms with Gasteiger partial charge in [-0.15, -0.1) is 12.4 Å². The van der Waals surface area contributed by atoms with Crippen LogP contribution < -0.4 is 5.73 Å². The molecule has 3 N–H and O–H groups in total. The van der Waals surface area contributed by atoms with Gasteiger partial charge in [-0.1, -0.05) is 0 Å². The van der Waals surface area contributed by atoms with Crippen LogP contribution in [0.3, 0.4) is 0 Å². The van der Waals surface area contributed by atoms with Gasteiger partial charge in [0.25, 0.3) is 0 Å². The van der Waals surface area contributed by atoms with Crippen LogP contribution in [0.15, 0.2) is 0 Å². The van der Waals surface area contributed by atoms with Crippen molar-refractivity contribution >= 4 is 18.4 Å². The van der Waals surface area contributed by atoms with Crippen molar-refractivity contribution in [1.29, 1.82) is 0 Å². The molecule has 0 aromatic carbocycles. The van der Waals surface area contributed by atoms with Crippen LogP contribution in [0, 0.1) is 0 Å². The van der Waals surface area contributed by atoms with Crippen molar-refractivity contribution < 1.29 is 18.7 Å². The quantitative estimate of drug-likeness (QED) is 0.655. The number of aliphatic carboxylic acids is 1. The second-order valence-electron chi connectivity index (χ2n) is 2.90. The fourth-order valence-electron chi connectivity index (χ4n) is 1.21. The summed E-state index contributed by atoms with van der Waals surface area (Å²) in [4.78, 5) is 10.4. The summed E-state index contributed by atoms with van der Waals surface area (Å²) in [6, 6.07) is 0. The summed E-state index contributed by atoms with van der Waals surface area (Å²) in [5, 5.41) is 8.45. The Bertz CT molecular complexity index is 180. The highest BCUT2D eigenvalue weighted by atomic mass is 35.5. The first kappa shape index (κ1) is 11.6. The lowest BCUT2D eigenvalue weighted by atomic mass is 10.00. The van der Waals surface area contributed by atoms with E-state index in [2.05, 4.69) is 0 Å². The highest BCUT2D eigenvalue weighted by Gasteiger charge is 2.48. The summed E-state index contributed by atoms with van der Waals surface area (Å²) in [6.45, 7) is 0. The molecule has 12 heavy (non-hydrogen) atoms. The van der Waals surface area contributed by atoms with Crippen molar-refractivity contribution in [2.24, 2.45) is 5.73 Å². The van der Waals surface area contributed by atoms with E-state index in [9.17, 15) is 13.6 Å². The van der Waals surface area contributed by atoms with Gasteiger partial charge >= 0.3 is 5.97 Å². The number of alkyl halides is 2. The lowest BCUT2D eigenvalue weighted by molar-refractivity contribution is -0.143. The van der Waals surface area contributed by atoms with E-state index in [4.69, 9.17) is 10.8 Å². The van der Waals surface area contributed by atoms with Crippen molar-refractivity contribution in [1.82, 2.24) is 0 Å². The number of hydrogen-bond acceptors (Lipinski definition) is 2. The predicted octanol–water partition coefficient (Wildman–Crippen LogP) is 0.660. The number of halogens is 3. The van der Waals surface area contributed by atoms with Gasteiger partial charge in [0.2, 0.25) is 0 Å². The highest BCUT2D eigenvalue weighted by molar-refractivity contribution is 5.85. The Morgan fingerprint density at radius 2 is 1.75 bits per heavy atom. The van der Waals surface area contributed by atoms with Gasteiger partial charge in [0.05, 0.1) is 0 Å². The lowest BCUT2D eigenvalue weighted by Gasteiger charge is -2.15. The molecule has 0 aromatic heterocycles. The number of rotatable bonds is 1. The largest absolute Gasteiger partial charge is 0.480 e. The van der Waals surface area contributed by atoms with Crippen LogP contribution in [0.4, 0.5) is 8.78 Å². The summed E-state index contributed by atoms with van der Waals surface area (Å²) < 4.78 is 24.9. The molecular weight excluding hydrogens is 192 g/mol. The number of carboxylic acids is 1. The predicted molar refractivity (Wildman–Crippen MR) is 40.8 cm³/mol. The van der Waals surface area contributed by atoms with Gasteiger partial charge in [0.15, 0.2) is 0 Å². The van der Waals surface area contributed by atoms with Crippen molar-refractivity contribution in [2.45, 2.75) is 30.7 Å². The number of carboxylic acid groups (broad SMARTS) is 1. The van der Waals surface area contributed by atoms with Gasteiger partial charge in [0, 0.05) is 12.8 Å². The summed E-state index contributed by atoms with van der Waals surface area (Å²) in [5.74, 6) is -1.33. The zero-order chi connectivity index (χ0) is 8.65. The highest BCUT2D eigenvalue weighted by Crippen LogP contribution is 2.32. The van der Waals surface area contributed by atoms with Crippen molar-refractivity contribution in [3.8, 4) is 0 Å². The molecule has 1 aliphatic rings. The zero-order valence-corrected chi connectivity index (χ0v) is 6.98. The number of hydrogen-bond donors (Lipinski definition) is 2. The smallest absolute Gasteiger partial charge is 0.323 e. The average molecular weight is 202 g/mol. The van der Waals surface area contributed by atoms with Gasteiger partial charge < -0.3 is 10.8 Å². The molecule has 0 saturated heterocycles. The first-order valence-corrected chi connectivity index (χ1v) is 3.26. The van der Waals surface area contributed by atoms with Crippen LogP contribution in [-0.2, 0) is 4.79 Å². The van der Waals surface area contributed by atoms with E-state index in [1.807, 2.05) is 0 Å². The molecule has 0 heterocycles. The Morgan fingerprint density at radius 1 is 1.42 bits per heavy atom. The number of nitrogens with two attached hydrogens (primary N) is 1. The van der Waals surface area contributed by atoms with Crippen molar-refractivity contribution in [2.75, 3.05) is 0 Å². The van der Waals surface area contributed by atoms with E-state index >= 15 is 0 Å². The van der Waals surface area contributed by atoms with Crippen LogP contribution in [0.1, 0.15) is 12.8 Å². The van der Waals surface area contributed by atoms with Crippen molar-refractivity contribution in [3.63, 3.8) is 0 Å². The van der Waals surface area contributed by atoms with Gasteiger partial charge in [-0.25, -0.2) is 8.78 Å². The first-order valence-electron chi connectivity index (χ1n) is 3.26. The molecule has 0 aromatic rings. The van der Waals surface area contributed by atoms with E-state index in [-0.39, 0.29) is 12.4 Å². The molecular formula is C6H10ClF2NO2. The molecule has 1 unspecified atom stereocenters. The van der Waals surface area contributed by atoms with Crippen LogP contribution in [0.25, 0.3) is 0 Å². The molecule has 0 amide bonds. The maximum atomic E-state index is 12.5. The lowest BCUT2D eigenvalue weighted by Crippen LogP contribution is -2.45. The molecule has 3 nitrogen and oxygen atoms in total. The minimum Gasteiger partial charge on any atom is -0.480 e. The molecule has 0 radical (unpaired) electrons. The summed E-state index contributed by atoms with van der Waals surface area (Å²) in [7, 11) is 0. The van der Waals surface area contributed by atoms with Crippen LogP contribution in [0.2, 0.25) is 0 Å².